The summed E-state index contributed by atoms with van der Waals surface area (Å²) in [6, 6.07) is 8.66. The topological polar surface area (TPSA) is 90.0 Å². The van der Waals surface area contributed by atoms with E-state index >= 15 is 0 Å². The van der Waals surface area contributed by atoms with Gasteiger partial charge in [-0.3, -0.25) is 4.79 Å². The lowest BCUT2D eigenvalue weighted by Crippen LogP contribution is -2.27. The SMILES string of the molecule is O=C(O)Cn1nnn(-c2ccccc2)c1=O. The number of hydrogen-bond donors (Lipinski definition) is 1. The minimum atomic E-state index is -1.14. The van der Waals surface area contributed by atoms with Crippen LogP contribution in [0.15, 0.2) is 35.1 Å². The van der Waals surface area contributed by atoms with Gasteiger partial charge < -0.3 is 5.11 Å². The Balaban J connectivity index is 2.42. The van der Waals surface area contributed by atoms with E-state index in [1.165, 1.54) is 0 Å². The van der Waals surface area contributed by atoms with Crippen molar-refractivity contribution in [1.82, 2.24) is 19.8 Å². The molecule has 82 valence electrons. The number of aliphatic carboxylic acids is 1. The quantitative estimate of drug-likeness (QED) is 0.754. The summed E-state index contributed by atoms with van der Waals surface area (Å²) in [5, 5.41) is 15.6. The number of benzene rings is 1. The first-order valence-corrected chi connectivity index (χ1v) is 4.48. The number of hydrogen-bond acceptors (Lipinski definition) is 4. The molecule has 0 aliphatic heterocycles. The van der Waals surface area contributed by atoms with Gasteiger partial charge >= 0.3 is 11.7 Å². The third-order valence-corrected chi connectivity index (χ3v) is 1.93. The van der Waals surface area contributed by atoms with Crippen LogP contribution in [0.25, 0.3) is 5.69 Å². The monoisotopic (exact) mass is 220 g/mol. The molecule has 1 aromatic carbocycles. The molecule has 0 amide bonds. The molecule has 0 aliphatic carbocycles. The molecule has 0 spiro atoms. The number of para-hydroxylation sites is 1. The summed E-state index contributed by atoms with van der Waals surface area (Å²) >= 11 is 0. The third-order valence-electron chi connectivity index (χ3n) is 1.93. The summed E-state index contributed by atoms with van der Waals surface area (Å²) < 4.78 is 1.83. The van der Waals surface area contributed by atoms with Crippen LogP contribution in [-0.2, 0) is 11.3 Å². The number of tetrazole rings is 1. The number of carboxylic acid groups (broad SMARTS) is 1. The van der Waals surface area contributed by atoms with E-state index in [9.17, 15) is 9.59 Å². The van der Waals surface area contributed by atoms with Crippen LogP contribution in [0.2, 0.25) is 0 Å². The molecule has 0 atom stereocenters. The predicted octanol–water partition coefficient (Wildman–Crippen LogP) is -0.486. The fraction of sp³-hybridized carbons (Fsp3) is 0.111. The second-order valence-electron chi connectivity index (χ2n) is 3.06. The molecule has 0 aliphatic rings. The highest BCUT2D eigenvalue weighted by atomic mass is 16.4. The van der Waals surface area contributed by atoms with Gasteiger partial charge in [0.05, 0.1) is 5.69 Å². The number of carbonyl (C=O) groups is 1. The Kier molecular flexibility index (Phi) is 2.50. The zero-order valence-corrected chi connectivity index (χ0v) is 8.15. The van der Waals surface area contributed by atoms with E-state index in [0.29, 0.717) is 5.69 Å². The van der Waals surface area contributed by atoms with Gasteiger partial charge in [0.2, 0.25) is 0 Å². The van der Waals surface area contributed by atoms with Gasteiger partial charge in [0, 0.05) is 0 Å². The Bertz CT molecular complexity index is 558. The molecule has 7 heteroatoms. The Morgan fingerprint density at radius 2 is 1.94 bits per heavy atom. The Hall–Kier alpha value is -2.44. The Morgan fingerprint density at radius 1 is 1.25 bits per heavy atom. The summed E-state index contributed by atoms with van der Waals surface area (Å²) in [6.07, 6.45) is 0. The van der Waals surface area contributed by atoms with Gasteiger partial charge in [-0.25, -0.2) is 4.79 Å². The van der Waals surface area contributed by atoms with Crippen LogP contribution in [0.5, 0.6) is 0 Å². The maximum absolute atomic E-state index is 11.6. The summed E-state index contributed by atoms with van der Waals surface area (Å²) in [4.78, 5) is 22.1. The fourth-order valence-corrected chi connectivity index (χ4v) is 1.23. The van der Waals surface area contributed by atoms with Crippen LogP contribution >= 0.6 is 0 Å². The van der Waals surface area contributed by atoms with E-state index < -0.39 is 18.2 Å². The van der Waals surface area contributed by atoms with Crippen LogP contribution in [0, 0.1) is 0 Å². The van der Waals surface area contributed by atoms with Gasteiger partial charge in [-0.1, -0.05) is 18.2 Å². The lowest BCUT2D eigenvalue weighted by Gasteiger charge is -1.95. The second kappa shape index (κ2) is 3.97. The van der Waals surface area contributed by atoms with E-state index in [2.05, 4.69) is 10.4 Å². The van der Waals surface area contributed by atoms with Crippen LogP contribution < -0.4 is 5.69 Å². The van der Waals surface area contributed by atoms with Crippen molar-refractivity contribution in [2.45, 2.75) is 6.54 Å². The van der Waals surface area contributed by atoms with E-state index in [1.807, 2.05) is 0 Å². The van der Waals surface area contributed by atoms with Crippen molar-refractivity contribution >= 4 is 5.97 Å². The highest BCUT2D eigenvalue weighted by Crippen LogP contribution is 2.00. The van der Waals surface area contributed by atoms with Gasteiger partial charge in [0.1, 0.15) is 6.54 Å². The lowest BCUT2D eigenvalue weighted by atomic mass is 10.3. The zero-order valence-electron chi connectivity index (χ0n) is 8.15. The van der Waals surface area contributed by atoms with Crippen molar-refractivity contribution in [3.8, 4) is 5.69 Å². The molecule has 0 saturated carbocycles. The molecule has 16 heavy (non-hydrogen) atoms. The van der Waals surface area contributed by atoms with Crippen molar-refractivity contribution < 1.29 is 9.90 Å². The average Bonchev–Trinajstić information content (AvgIpc) is 2.61. The predicted molar refractivity (Wildman–Crippen MR) is 53.3 cm³/mol. The first kappa shape index (κ1) is 10.1. The largest absolute Gasteiger partial charge is 0.480 e. The summed E-state index contributed by atoms with van der Waals surface area (Å²) in [6.45, 7) is -0.494. The normalized spacial score (nSPS) is 10.2. The van der Waals surface area contributed by atoms with Gasteiger partial charge in [-0.15, -0.1) is 0 Å². The second-order valence-corrected chi connectivity index (χ2v) is 3.06. The summed E-state index contributed by atoms with van der Waals surface area (Å²) in [5.74, 6) is -1.14. The number of carboxylic acids is 1. The van der Waals surface area contributed by atoms with Gasteiger partial charge in [-0.05, 0) is 22.6 Å². The van der Waals surface area contributed by atoms with E-state index in [-0.39, 0.29) is 0 Å². The molecular weight excluding hydrogens is 212 g/mol. The average molecular weight is 220 g/mol. The van der Waals surface area contributed by atoms with Crippen LogP contribution in [0.4, 0.5) is 0 Å². The Morgan fingerprint density at radius 3 is 2.56 bits per heavy atom. The van der Waals surface area contributed by atoms with Crippen LogP contribution in [-0.4, -0.2) is 30.9 Å². The molecule has 0 radical (unpaired) electrons. The van der Waals surface area contributed by atoms with Crippen molar-refractivity contribution in [1.29, 1.82) is 0 Å². The lowest BCUT2D eigenvalue weighted by molar-refractivity contribution is -0.138. The first-order chi connectivity index (χ1) is 7.68. The summed E-state index contributed by atoms with van der Waals surface area (Å²) in [7, 11) is 0. The van der Waals surface area contributed by atoms with Crippen molar-refractivity contribution in [3.63, 3.8) is 0 Å². The first-order valence-electron chi connectivity index (χ1n) is 4.48. The fourth-order valence-electron chi connectivity index (χ4n) is 1.23. The minimum absolute atomic E-state index is 0.494. The molecule has 0 unspecified atom stereocenters. The zero-order chi connectivity index (χ0) is 11.5. The molecule has 7 nitrogen and oxygen atoms in total. The van der Waals surface area contributed by atoms with Crippen LogP contribution in [0.1, 0.15) is 0 Å². The highest BCUT2D eigenvalue weighted by molar-refractivity contribution is 5.66. The molecule has 1 N–H and O–H groups in total. The number of rotatable bonds is 3. The molecule has 2 aromatic rings. The molecular formula is C9H8N4O3. The van der Waals surface area contributed by atoms with Gasteiger partial charge in [0.25, 0.3) is 0 Å². The number of nitrogens with zero attached hydrogens (tertiary/aromatic N) is 4. The molecule has 0 fully saturated rings. The van der Waals surface area contributed by atoms with Gasteiger partial charge in [-0.2, -0.15) is 9.36 Å². The highest BCUT2D eigenvalue weighted by Gasteiger charge is 2.10. The molecule has 1 heterocycles. The molecule has 2 rings (SSSR count). The minimum Gasteiger partial charge on any atom is -0.480 e. The molecule has 0 bridgehead atoms. The molecule has 1 aromatic heterocycles. The van der Waals surface area contributed by atoms with E-state index in [4.69, 9.17) is 5.11 Å². The smallest absolute Gasteiger partial charge is 0.369 e. The van der Waals surface area contributed by atoms with Crippen LogP contribution in [0.3, 0.4) is 0 Å². The number of aromatic nitrogens is 4. The van der Waals surface area contributed by atoms with Crippen molar-refractivity contribution in [3.05, 3.63) is 40.8 Å². The van der Waals surface area contributed by atoms with E-state index in [0.717, 1.165) is 9.36 Å². The van der Waals surface area contributed by atoms with Crippen molar-refractivity contribution in [2.75, 3.05) is 0 Å². The van der Waals surface area contributed by atoms with Gasteiger partial charge in [0.15, 0.2) is 0 Å². The Labute approximate surface area is 89.5 Å². The molecule has 0 saturated heterocycles. The standard InChI is InChI=1S/C9H8N4O3/c14-8(15)6-12-9(16)13(11-10-12)7-4-2-1-3-5-7/h1-5H,6H2,(H,14,15). The van der Waals surface area contributed by atoms with Crippen molar-refractivity contribution in [2.24, 2.45) is 0 Å². The maximum Gasteiger partial charge on any atom is 0.369 e. The summed E-state index contributed by atoms with van der Waals surface area (Å²) in [5.41, 5.74) is -0.0299. The maximum atomic E-state index is 11.6. The van der Waals surface area contributed by atoms with E-state index in [1.54, 1.807) is 30.3 Å². The third kappa shape index (κ3) is 1.83.